The number of thiazole rings is 2. The molecule has 0 aliphatic rings. The van der Waals surface area contributed by atoms with E-state index < -0.39 is 30.2 Å². The first kappa shape index (κ1) is 30.5. The molecule has 0 bridgehead atoms. The molecular weight excluding hydrogens is 516 g/mol. The van der Waals surface area contributed by atoms with E-state index >= 15 is 0 Å². The molecule has 0 aliphatic carbocycles. The molecule has 2 heterocycles. The third-order valence-electron chi connectivity index (χ3n) is 5.47. The summed E-state index contributed by atoms with van der Waals surface area (Å²) >= 11 is 2.96. The van der Waals surface area contributed by atoms with E-state index in [1.54, 1.807) is 30.1 Å². The van der Waals surface area contributed by atoms with Gasteiger partial charge in [0.05, 0.1) is 33.7 Å². The van der Waals surface area contributed by atoms with Gasteiger partial charge in [-0.3, -0.25) is 9.78 Å². The summed E-state index contributed by atoms with van der Waals surface area (Å²) in [7, 11) is 1.61. The zero-order valence-corrected chi connectivity index (χ0v) is 23.8. The molecule has 0 radical (unpaired) electrons. The van der Waals surface area contributed by atoms with Gasteiger partial charge in [-0.15, -0.1) is 22.7 Å². The Morgan fingerprint density at radius 1 is 1.05 bits per heavy atom. The van der Waals surface area contributed by atoms with Gasteiger partial charge in [-0.1, -0.05) is 13.8 Å². The summed E-state index contributed by atoms with van der Waals surface area (Å²) in [6.45, 7) is 9.70. The molecule has 0 aromatic carbocycles. The van der Waals surface area contributed by atoms with Crippen molar-refractivity contribution >= 4 is 40.7 Å². The second kappa shape index (κ2) is 14.8. The average molecular weight is 555 g/mol. The molecule has 2 aromatic rings. The van der Waals surface area contributed by atoms with Crippen LogP contribution in [0.25, 0.3) is 0 Å². The van der Waals surface area contributed by atoms with E-state index in [9.17, 15) is 19.5 Å². The fourth-order valence-corrected chi connectivity index (χ4v) is 4.63. The molecule has 13 heteroatoms. The third kappa shape index (κ3) is 10.6. The van der Waals surface area contributed by atoms with E-state index in [-0.39, 0.29) is 25.2 Å². The minimum Gasteiger partial charge on any atom is -0.444 e. The van der Waals surface area contributed by atoms with Crippen LogP contribution in [0.3, 0.4) is 0 Å². The van der Waals surface area contributed by atoms with Gasteiger partial charge in [0, 0.05) is 36.6 Å². The first-order chi connectivity index (χ1) is 17.5. The molecule has 0 spiro atoms. The topological polar surface area (TPSA) is 146 Å². The molecule has 206 valence electrons. The summed E-state index contributed by atoms with van der Waals surface area (Å²) in [5.74, 6) is -0.172. The summed E-state index contributed by atoms with van der Waals surface area (Å²) in [4.78, 5) is 48.2. The van der Waals surface area contributed by atoms with Gasteiger partial charge in [-0.2, -0.15) is 0 Å². The number of aliphatic hydroxyl groups is 1. The van der Waals surface area contributed by atoms with Crippen LogP contribution in [-0.4, -0.2) is 69.3 Å². The van der Waals surface area contributed by atoms with Crippen molar-refractivity contribution in [1.29, 1.82) is 0 Å². The number of rotatable bonds is 13. The molecule has 4 unspecified atom stereocenters. The van der Waals surface area contributed by atoms with E-state index in [2.05, 4.69) is 39.8 Å². The average Bonchev–Trinajstić information content (AvgIpc) is 3.51. The molecule has 2 aromatic heterocycles. The zero-order valence-electron chi connectivity index (χ0n) is 22.2. The number of aromatic nitrogens is 2. The van der Waals surface area contributed by atoms with Gasteiger partial charge in [-0.25, -0.2) is 14.6 Å². The lowest BCUT2D eigenvalue weighted by molar-refractivity contribution is -0.126. The van der Waals surface area contributed by atoms with E-state index in [0.717, 1.165) is 15.6 Å². The fourth-order valence-electron chi connectivity index (χ4n) is 3.29. The number of aliphatic hydroxyl groups excluding tert-OH is 1. The van der Waals surface area contributed by atoms with Crippen molar-refractivity contribution in [2.45, 2.75) is 90.8 Å². The number of nitrogens with zero attached hydrogens (tertiary/aromatic N) is 3. The molecule has 0 fully saturated rings. The van der Waals surface area contributed by atoms with Crippen molar-refractivity contribution in [3.8, 4) is 0 Å². The van der Waals surface area contributed by atoms with E-state index in [1.807, 2.05) is 19.2 Å². The Hall–Kier alpha value is -2.77. The third-order valence-corrected chi connectivity index (χ3v) is 7.41. The van der Waals surface area contributed by atoms with Crippen molar-refractivity contribution in [3.05, 3.63) is 32.7 Å². The van der Waals surface area contributed by atoms with Gasteiger partial charge in [-0.05, 0) is 33.6 Å². The van der Waals surface area contributed by atoms with Gasteiger partial charge in [0.2, 0.25) is 5.91 Å². The number of urea groups is 1. The van der Waals surface area contributed by atoms with Crippen LogP contribution in [0.5, 0.6) is 0 Å². The highest BCUT2D eigenvalue weighted by Crippen LogP contribution is 2.19. The maximum atomic E-state index is 12.8. The molecule has 0 aliphatic heterocycles. The van der Waals surface area contributed by atoms with Crippen molar-refractivity contribution < 1.29 is 24.2 Å². The maximum absolute atomic E-state index is 12.8. The standard InChI is InChI=1S/C24H38N6O5S2/c1-14(2)22-28-18(12-36-22)10-30(6)23(33)29-20(17(5)31)21(32)26-15(3)7-8-16(4)27-24(34)35-11-19-9-25-13-37-19/h9,12-17,20,31H,7-8,10-11H2,1-6H3,(H,26,32)(H,27,34)(H,29,33). The lowest BCUT2D eigenvalue weighted by atomic mass is 10.1. The van der Waals surface area contributed by atoms with Crippen LogP contribution in [0.1, 0.15) is 69.0 Å². The van der Waals surface area contributed by atoms with Gasteiger partial charge in [0.15, 0.2) is 0 Å². The second-order valence-electron chi connectivity index (χ2n) is 9.43. The van der Waals surface area contributed by atoms with Crippen molar-refractivity contribution in [3.63, 3.8) is 0 Å². The molecule has 4 amide bonds. The molecule has 37 heavy (non-hydrogen) atoms. The number of ether oxygens (including phenoxy) is 1. The number of carbonyl (C=O) groups excluding carboxylic acids is 3. The van der Waals surface area contributed by atoms with E-state index in [0.29, 0.717) is 18.8 Å². The molecule has 0 saturated carbocycles. The Morgan fingerprint density at radius 3 is 2.30 bits per heavy atom. The Balaban J connectivity index is 1.76. The minimum atomic E-state index is -1.11. The predicted molar refractivity (Wildman–Crippen MR) is 143 cm³/mol. The first-order valence-corrected chi connectivity index (χ1v) is 14.0. The minimum absolute atomic E-state index is 0.167. The SMILES string of the molecule is CC(CCC(C)NC(=O)C(NC(=O)N(C)Cc1csc(C(C)C)n1)C(C)O)NC(=O)OCc1cncs1. The molecule has 4 atom stereocenters. The normalized spacial score (nSPS) is 14.4. The Kier molecular flexibility index (Phi) is 12.2. The van der Waals surface area contributed by atoms with Crippen LogP contribution < -0.4 is 16.0 Å². The van der Waals surface area contributed by atoms with Crippen LogP contribution in [-0.2, 0) is 22.7 Å². The van der Waals surface area contributed by atoms with Crippen LogP contribution in [0.15, 0.2) is 17.1 Å². The fraction of sp³-hybridized carbons (Fsp3) is 0.625. The van der Waals surface area contributed by atoms with Gasteiger partial charge in [0.1, 0.15) is 12.6 Å². The number of carbonyl (C=O) groups is 3. The Labute approximate surface area is 226 Å². The smallest absolute Gasteiger partial charge is 0.407 e. The Morgan fingerprint density at radius 2 is 1.73 bits per heavy atom. The van der Waals surface area contributed by atoms with E-state index in [4.69, 9.17) is 4.74 Å². The van der Waals surface area contributed by atoms with Crippen LogP contribution >= 0.6 is 22.7 Å². The second-order valence-corrected chi connectivity index (χ2v) is 11.3. The molecule has 0 saturated heterocycles. The summed E-state index contributed by atoms with van der Waals surface area (Å²) in [5, 5.41) is 21.3. The monoisotopic (exact) mass is 554 g/mol. The highest BCUT2D eigenvalue weighted by Gasteiger charge is 2.28. The largest absolute Gasteiger partial charge is 0.444 e. The molecular formula is C24H38N6O5S2. The zero-order chi connectivity index (χ0) is 27.5. The summed E-state index contributed by atoms with van der Waals surface area (Å²) < 4.78 is 5.17. The van der Waals surface area contributed by atoms with Crippen LogP contribution in [0.4, 0.5) is 9.59 Å². The van der Waals surface area contributed by atoms with Crippen molar-refractivity contribution in [1.82, 2.24) is 30.8 Å². The summed E-state index contributed by atoms with van der Waals surface area (Å²) in [5.41, 5.74) is 2.44. The van der Waals surface area contributed by atoms with Crippen molar-refractivity contribution in [2.24, 2.45) is 0 Å². The van der Waals surface area contributed by atoms with E-state index in [1.165, 1.54) is 23.2 Å². The summed E-state index contributed by atoms with van der Waals surface area (Å²) in [6, 6.07) is -2.01. The van der Waals surface area contributed by atoms with Gasteiger partial charge in [0.25, 0.3) is 0 Å². The van der Waals surface area contributed by atoms with Gasteiger partial charge >= 0.3 is 12.1 Å². The van der Waals surface area contributed by atoms with Crippen LogP contribution in [0.2, 0.25) is 0 Å². The lowest BCUT2D eigenvalue weighted by Crippen LogP contribution is -2.56. The highest BCUT2D eigenvalue weighted by molar-refractivity contribution is 7.09. The number of alkyl carbamates (subject to hydrolysis) is 1. The summed E-state index contributed by atoms with van der Waals surface area (Å²) in [6.07, 6.45) is 1.21. The molecule has 2 rings (SSSR count). The number of hydrogen-bond donors (Lipinski definition) is 4. The molecule has 4 N–H and O–H groups in total. The lowest BCUT2D eigenvalue weighted by Gasteiger charge is -2.26. The number of hydrogen-bond acceptors (Lipinski definition) is 9. The predicted octanol–water partition coefficient (Wildman–Crippen LogP) is 3.21. The first-order valence-electron chi connectivity index (χ1n) is 12.2. The van der Waals surface area contributed by atoms with Crippen molar-refractivity contribution in [2.75, 3.05) is 7.05 Å². The number of amides is 4. The Bertz CT molecular complexity index is 998. The molecule has 11 nitrogen and oxygen atoms in total. The highest BCUT2D eigenvalue weighted by atomic mass is 32.1. The quantitative estimate of drug-likeness (QED) is 0.297. The maximum Gasteiger partial charge on any atom is 0.407 e. The number of nitrogens with one attached hydrogen (secondary N) is 3. The van der Waals surface area contributed by atoms with Gasteiger partial charge < -0.3 is 30.7 Å². The van der Waals surface area contributed by atoms with Crippen LogP contribution in [0, 0.1) is 0 Å².